The zero-order valence-electron chi connectivity index (χ0n) is 10.9. The van der Waals surface area contributed by atoms with Gasteiger partial charge in [0.15, 0.2) is 0 Å². The second-order valence-corrected chi connectivity index (χ2v) is 6.65. The molecule has 1 aliphatic rings. The molecule has 0 saturated carbocycles. The molecule has 6 heteroatoms. The maximum Gasteiger partial charge on any atom is 0.123 e. The van der Waals surface area contributed by atoms with Gasteiger partial charge < -0.3 is 10.5 Å². The minimum absolute atomic E-state index is 0.392. The number of thiocarbonyl (C=S) groups is 1. The maximum atomic E-state index is 11.4. The van der Waals surface area contributed by atoms with Crippen molar-refractivity contribution in [2.75, 3.05) is 31.7 Å². The first kappa shape index (κ1) is 14.4. The number of hydrogen-bond donors (Lipinski definition) is 1. The second-order valence-electron chi connectivity index (χ2n) is 4.52. The minimum Gasteiger partial charge on any atom is -0.496 e. The number of nitrogens with zero attached hydrogens (tertiary/aromatic N) is 1. The van der Waals surface area contributed by atoms with E-state index in [9.17, 15) is 4.21 Å². The van der Waals surface area contributed by atoms with Crippen LogP contribution in [0.1, 0.15) is 11.1 Å². The molecule has 1 aromatic rings. The zero-order chi connectivity index (χ0) is 13.8. The summed E-state index contributed by atoms with van der Waals surface area (Å²) in [7, 11) is 1.01. The predicted molar refractivity (Wildman–Crippen MR) is 82.0 cm³/mol. The molecule has 1 heterocycles. The summed E-state index contributed by atoms with van der Waals surface area (Å²) in [6.07, 6.45) is 0. The molecule has 0 bridgehead atoms. The van der Waals surface area contributed by atoms with E-state index in [0.717, 1.165) is 48.0 Å². The smallest absolute Gasteiger partial charge is 0.123 e. The van der Waals surface area contributed by atoms with Gasteiger partial charge in [-0.05, 0) is 18.2 Å². The van der Waals surface area contributed by atoms with E-state index >= 15 is 0 Å². The van der Waals surface area contributed by atoms with E-state index in [-0.39, 0.29) is 0 Å². The van der Waals surface area contributed by atoms with Gasteiger partial charge in [0.2, 0.25) is 0 Å². The highest BCUT2D eigenvalue weighted by molar-refractivity contribution is 7.85. The summed E-state index contributed by atoms with van der Waals surface area (Å²) >= 11 is 5.00. The molecule has 4 nitrogen and oxygen atoms in total. The third kappa shape index (κ3) is 3.75. The Kier molecular flexibility index (Phi) is 4.90. The van der Waals surface area contributed by atoms with Gasteiger partial charge in [-0.1, -0.05) is 12.2 Å². The minimum atomic E-state index is -0.651. The van der Waals surface area contributed by atoms with Crippen LogP contribution in [-0.4, -0.2) is 45.8 Å². The molecule has 0 aliphatic carbocycles. The first-order valence-electron chi connectivity index (χ1n) is 6.14. The molecule has 104 valence electrons. The molecule has 2 N–H and O–H groups in total. The van der Waals surface area contributed by atoms with E-state index < -0.39 is 10.8 Å². The van der Waals surface area contributed by atoms with Crippen molar-refractivity contribution in [1.82, 2.24) is 4.90 Å². The fourth-order valence-electron chi connectivity index (χ4n) is 2.13. The summed E-state index contributed by atoms with van der Waals surface area (Å²) in [4.78, 5) is 2.67. The average Bonchev–Trinajstić information content (AvgIpc) is 2.41. The van der Waals surface area contributed by atoms with Crippen LogP contribution in [0.5, 0.6) is 5.75 Å². The SMILES string of the molecule is COc1ccc(C(N)=S)cc1CN1CCS(=O)CC1. The number of rotatable bonds is 4. The summed E-state index contributed by atoms with van der Waals surface area (Å²) in [6, 6.07) is 5.74. The van der Waals surface area contributed by atoms with Gasteiger partial charge in [0, 0.05) is 53.1 Å². The van der Waals surface area contributed by atoms with Crippen molar-refractivity contribution in [2.45, 2.75) is 6.54 Å². The van der Waals surface area contributed by atoms with Gasteiger partial charge in [0.05, 0.1) is 7.11 Å². The average molecular weight is 298 g/mol. The third-order valence-corrected chi connectivity index (χ3v) is 4.74. The Morgan fingerprint density at radius 3 is 2.74 bits per heavy atom. The second kappa shape index (κ2) is 6.45. The van der Waals surface area contributed by atoms with E-state index in [2.05, 4.69) is 4.90 Å². The fourth-order valence-corrected chi connectivity index (χ4v) is 3.38. The molecule has 19 heavy (non-hydrogen) atoms. The van der Waals surface area contributed by atoms with Crippen LogP contribution < -0.4 is 10.5 Å². The molecule has 1 aliphatic heterocycles. The van der Waals surface area contributed by atoms with Crippen molar-refractivity contribution in [3.8, 4) is 5.75 Å². The first-order valence-corrected chi connectivity index (χ1v) is 8.04. The van der Waals surface area contributed by atoms with Crippen LogP contribution in [-0.2, 0) is 17.3 Å². The Morgan fingerprint density at radius 2 is 2.16 bits per heavy atom. The Morgan fingerprint density at radius 1 is 1.47 bits per heavy atom. The third-order valence-electron chi connectivity index (χ3n) is 3.23. The number of benzene rings is 1. The van der Waals surface area contributed by atoms with Crippen LogP contribution in [0.15, 0.2) is 18.2 Å². The summed E-state index contributed by atoms with van der Waals surface area (Å²) in [5.74, 6) is 2.33. The van der Waals surface area contributed by atoms with Crippen LogP contribution in [0.3, 0.4) is 0 Å². The number of ether oxygens (including phenoxy) is 1. The molecule has 1 fully saturated rings. The van der Waals surface area contributed by atoms with Crippen molar-refractivity contribution in [3.05, 3.63) is 29.3 Å². The molecular formula is C13H18N2O2S2. The lowest BCUT2D eigenvalue weighted by Crippen LogP contribution is -2.37. The lowest BCUT2D eigenvalue weighted by atomic mass is 10.1. The fraction of sp³-hybridized carbons (Fsp3) is 0.462. The molecule has 0 unspecified atom stereocenters. The molecule has 0 amide bonds. The Labute approximate surface area is 121 Å². The standard InChI is InChI=1S/C13H18N2O2S2/c1-17-12-3-2-10(13(14)18)8-11(12)9-15-4-6-19(16)7-5-15/h2-3,8H,4-7,9H2,1H3,(H2,14,18). The topological polar surface area (TPSA) is 55.6 Å². The van der Waals surface area contributed by atoms with E-state index in [1.54, 1.807) is 7.11 Å². The number of hydrogen-bond acceptors (Lipinski definition) is 4. The van der Waals surface area contributed by atoms with Gasteiger partial charge in [-0.25, -0.2) is 0 Å². The van der Waals surface area contributed by atoms with E-state index in [4.69, 9.17) is 22.7 Å². The zero-order valence-corrected chi connectivity index (χ0v) is 12.6. The molecule has 0 radical (unpaired) electrons. The predicted octanol–water partition coefficient (Wildman–Crippen LogP) is 0.894. The van der Waals surface area contributed by atoms with Crippen molar-refractivity contribution < 1.29 is 8.95 Å². The van der Waals surface area contributed by atoms with Crippen LogP contribution >= 0.6 is 12.2 Å². The Hall–Kier alpha value is -0.980. The van der Waals surface area contributed by atoms with Gasteiger partial charge in [-0.15, -0.1) is 0 Å². The van der Waals surface area contributed by atoms with Crippen molar-refractivity contribution >= 4 is 28.0 Å². The summed E-state index contributed by atoms with van der Waals surface area (Å²) < 4.78 is 16.7. The summed E-state index contributed by atoms with van der Waals surface area (Å²) in [6.45, 7) is 2.48. The van der Waals surface area contributed by atoms with Crippen LogP contribution in [0.25, 0.3) is 0 Å². The first-order chi connectivity index (χ1) is 9.10. The van der Waals surface area contributed by atoms with Crippen LogP contribution in [0.4, 0.5) is 0 Å². The molecule has 0 aromatic heterocycles. The van der Waals surface area contributed by atoms with Gasteiger partial charge in [0.1, 0.15) is 10.7 Å². The molecular weight excluding hydrogens is 280 g/mol. The normalized spacial score (nSPS) is 17.3. The van der Waals surface area contributed by atoms with E-state index in [1.807, 2.05) is 18.2 Å². The van der Waals surface area contributed by atoms with Crippen LogP contribution in [0.2, 0.25) is 0 Å². The Bertz CT molecular complexity index is 495. The quantitative estimate of drug-likeness (QED) is 0.837. The number of nitrogens with two attached hydrogens (primary N) is 1. The monoisotopic (exact) mass is 298 g/mol. The summed E-state index contributed by atoms with van der Waals surface area (Å²) in [5, 5.41) is 0. The van der Waals surface area contributed by atoms with Crippen molar-refractivity contribution in [2.24, 2.45) is 5.73 Å². The van der Waals surface area contributed by atoms with Crippen molar-refractivity contribution in [1.29, 1.82) is 0 Å². The van der Waals surface area contributed by atoms with Gasteiger partial charge in [-0.2, -0.15) is 0 Å². The lowest BCUT2D eigenvalue weighted by molar-refractivity contribution is 0.285. The largest absolute Gasteiger partial charge is 0.496 e. The van der Waals surface area contributed by atoms with Crippen LogP contribution in [0, 0.1) is 0 Å². The van der Waals surface area contributed by atoms with E-state index in [0.29, 0.717) is 4.99 Å². The molecule has 2 rings (SSSR count). The summed E-state index contributed by atoms with van der Waals surface area (Å²) in [5.41, 5.74) is 7.59. The van der Waals surface area contributed by atoms with Gasteiger partial charge >= 0.3 is 0 Å². The molecule has 0 atom stereocenters. The van der Waals surface area contributed by atoms with Crippen molar-refractivity contribution in [3.63, 3.8) is 0 Å². The Balaban J connectivity index is 2.15. The number of methoxy groups -OCH3 is 1. The molecule has 1 saturated heterocycles. The molecule has 1 aromatic carbocycles. The molecule has 0 spiro atoms. The highest BCUT2D eigenvalue weighted by Gasteiger charge is 2.17. The maximum absolute atomic E-state index is 11.4. The van der Waals surface area contributed by atoms with Gasteiger partial charge in [0.25, 0.3) is 0 Å². The highest BCUT2D eigenvalue weighted by atomic mass is 32.2. The van der Waals surface area contributed by atoms with Gasteiger partial charge in [-0.3, -0.25) is 9.11 Å². The van der Waals surface area contributed by atoms with E-state index in [1.165, 1.54) is 0 Å². The highest BCUT2D eigenvalue weighted by Crippen LogP contribution is 2.22. The lowest BCUT2D eigenvalue weighted by Gasteiger charge is -2.26.